The first-order valence-electron chi connectivity index (χ1n) is 7.83. The Balaban J connectivity index is 1.94. The Kier molecular flexibility index (Phi) is 6.37. The zero-order chi connectivity index (χ0) is 19.1. The van der Waals surface area contributed by atoms with Crippen LogP contribution >= 0.6 is 0 Å². The molecule has 1 aromatic heterocycles. The number of hydrazone groups is 1. The second-order valence-electron chi connectivity index (χ2n) is 5.50. The van der Waals surface area contributed by atoms with Crippen LogP contribution in [-0.2, 0) is 4.79 Å². The van der Waals surface area contributed by atoms with Crippen LogP contribution in [0.1, 0.15) is 29.5 Å². The van der Waals surface area contributed by atoms with Crippen molar-refractivity contribution in [3.63, 3.8) is 0 Å². The summed E-state index contributed by atoms with van der Waals surface area (Å²) in [6.45, 7) is 3.33. The van der Waals surface area contributed by atoms with E-state index < -0.39 is 5.91 Å². The maximum absolute atomic E-state index is 12.1. The third-order valence-corrected chi connectivity index (χ3v) is 3.50. The molecular weight excluding hydrogens is 338 g/mol. The summed E-state index contributed by atoms with van der Waals surface area (Å²) in [6, 6.07) is 6.61. The number of aryl methyl sites for hydroxylation is 1. The zero-order valence-corrected chi connectivity index (χ0v) is 15.1. The van der Waals surface area contributed by atoms with E-state index in [2.05, 4.69) is 15.8 Å². The van der Waals surface area contributed by atoms with E-state index in [-0.39, 0.29) is 12.3 Å². The highest BCUT2D eigenvalue weighted by Crippen LogP contribution is 2.25. The molecule has 0 bridgehead atoms. The first kappa shape index (κ1) is 19.0. The van der Waals surface area contributed by atoms with E-state index in [1.54, 1.807) is 38.1 Å². The zero-order valence-electron chi connectivity index (χ0n) is 15.1. The number of benzene rings is 1. The van der Waals surface area contributed by atoms with Gasteiger partial charge in [0.05, 0.1) is 32.5 Å². The Hall–Kier alpha value is -3.29. The van der Waals surface area contributed by atoms with Gasteiger partial charge in [-0.05, 0) is 19.9 Å². The summed E-state index contributed by atoms with van der Waals surface area (Å²) in [6.07, 6.45) is 1.45. The van der Waals surface area contributed by atoms with Crippen LogP contribution < -0.4 is 20.2 Å². The summed E-state index contributed by atoms with van der Waals surface area (Å²) in [5, 5.41) is 6.67. The van der Waals surface area contributed by atoms with Crippen molar-refractivity contribution >= 4 is 23.2 Å². The number of ether oxygens (including phenoxy) is 2. The van der Waals surface area contributed by atoms with Gasteiger partial charge in [0.2, 0.25) is 5.91 Å². The number of amides is 2. The highest BCUT2D eigenvalue weighted by molar-refractivity contribution is 6.06. The van der Waals surface area contributed by atoms with Gasteiger partial charge in [-0.25, -0.2) is 5.43 Å². The number of carbonyl (C=O) groups is 2. The van der Waals surface area contributed by atoms with Gasteiger partial charge in [0.1, 0.15) is 17.3 Å². The molecule has 2 amide bonds. The molecule has 0 atom stereocenters. The molecule has 2 aromatic rings. The largest absolute Gasteiger partial charge is 0.497 e. The summed E-state index contributed by atoms with van der Waals surface area (Å²) in [5.74, 6) is 0.949. The van der Waals surface area contributed by atoms with Gasteiger partial charge in [-0.15, -0.1) is 0 Å². The molecular formula is C18H21N3O5. The first-order valence-corrected chi connectivity index (χ1v) is 7.83. The summed E-state index contributed by atoms with van der Waals surface area (Å²) in [7, 11) is 3.06. The normalized spacial score (nSPS) is 11.0. The fourth-order valence-corrected chi connectivity index (χ4v) is 2.18. The molecule has 0 saturated heterocycles. The molecule has 0 radical (unpaired) electrons. The standard InChI is InChI=1S/C18H21N3O5/c1-11(20-21-18(23)16-5-6-26-12(16)2)7-17(22)19-13-8-14(24-3)10-15(9-13)25-4/h5-6,8-10H,7H2,1-4H3,(H,19,22)(H,21,23). The molecule has 0 aliphatic rings. The molecule has 0 fully saturated rings. The molecule has 0 spiro atoms. The molecule has 0 aliphatic heterocycles. The van der Waals surface area contributed by atoms with Crippen LogP contribution in [0.3, 0.4) is 0 Å². The summed E-state index contributed by atoms with van der Waals surface area (Å²) >= 11 is 0. The van der Waals surface area contributed by atoms with Crippen molar-refractivity contribution in [3.05, 3.63) is 41.9 Å². The molecule has 1 aromatic carbocycles. The number of furan rings is 1. The fourth-order valence-electron chi connectivity index (χ4n) is 2.18. The molecule has 138 valence electrons. The van der Waals surface area contributed by atoms with Gasteiger partial charge in [0, 0.05) is 29.6 Å². The highest BCUT2D eigenvalue weighted by Gasteiger charge is 2.11. The number of nitrogens with one attached hydrogen (secondary N) is 2. The third kappa shape index (κ3) is 5.10. The van der Waals surface area contributed by atoms with Gasteiger partial charge < -0.3 is 19.2 Å². The molecule has 2 rings (SSSR count). The lowest BCUT2D eigenvalue weighted by Gasteiger charge is -2.10. The Morgan fingerprint density at radius 3 is 2.35 bits per heavy atom. The second-order valence-corrected chi connectivity index (χ2v) is 5.50. The van der Waals surface area contributed by atoms with Crippen molar-refractivity contribution in [2.24, 2.45) is 5.10 Å². The van der Waals surface area contributed by atoms with Crippen molar-refractivity contribution in [1.29, 1.82) is 0 Å². The van der Waals surface area contributed by atoms with Crippen LogP contribution in [0.2, 0.25) is 0 Å². The quantitative estimate of drug-likeness (QED) is 0.584. The van der Waals surface area contributed by atoms with Gasteiger partial charge in [0.25, 0.3) is 5.91 Å². The van der Waals surface area contributed by atoms with Crippen molar-refractivity contribution in [3.8, 4) is 11.5 Å². The van der Waals surface area contributed by atoms with Crippen molar-refractivity contribution in [2.75, 3.05) is 19.5 Å². The first-order chi connectivity index (χ1) is 12.4. The lowest BCUT2D eigenvalue weighted by molar-refractivity contribution is -0.115. The van der Waals surface area contributed by atoms with Gasteiger partial charge >= 0.3 is 0 Å². The number of hydrogen-bond acceptors (Lipinski definition) is 6. The monoisotopic (exact) mass is 359 g/mol. The third-order valence-electron chi connectivity index (χ3n) is 3.50. The van der Waals surface area contributed by atoms with Gasteiger partial charge in [-0.2, -0.15) is 5.10 Å². The Bertz CT molecular complexity index is 804. The minimum atomic E-state index is -0.395. The van der Waals surface area contributed by atoms with E-state index in [1.165, 1.54) is 20.5 Å². The number of nitrogens with zero attached hydrogens (tertiary/aromatic N) is 1. The lowest BCUT2D eigenvalue weighted by Crippen LogP contribution is -2.21. The summed E-state index contributed by atoms with van der Waals surface area (Å²) in [4.78, 5) is 24.1. The van der Waals surface area contributed by atoms with Crippen LogP contribution in [-0.4, -0.2) is 31.7 Å². The number of rotatable bonds is 7. The van der Waals surface area contributed by atoms with E-state index in [9.17, 15) is 9.59 Å². The van der Waals surface area contributed by atoms with Gasteiger partial charge in [-0.1, -0.05) is 0 Å². The Labute approximate surface area is 151 Å². The minimum Gasteiger partial charge on any atom is -0.497 e. The smallest absolute Gasteiger partial charge is 0.274 e. The minimum absolute atomic E-state index is 0.0180. The molecule has 0 saturated carbocycles. The van der Waals surface area contributed by atoms with Crippen molar-refractivity contribution in [2.45, 2.75) is 20.3 Å². The molecule has 8 nitrogen and oxygen atoms in total. The van der Waals surface area contributed by atoms with E-state index in [4.69, 9.17) is 13.9 Å². The van der Waals surface area contributed by atoms with Gasteiger partial charge in [0.15, 0.2) is 0 Å². The maximum atomic E-state index is 12.1. The van der Waals surface area contributed by atoms with E-state index in [1.807, 2.05) is 0 Å². The number of anilines is 1. The topological polar surface area (TPSA) is 102 Å². The molecule has 26 heavy (non-hydrogen) atoms. The van der Waals surface area contributed by atoms with Crippen LogP contribution in [0.25, 0.3) is 0 Å². The molecule has 0 unspecified atom stereocenters. The number of hydrogen-bond donors (Lipinski definition) is 2. The van der Waals surface area contributed by atoms with E-state index >= 15 is 0 Å². The van der Waals surface area contributed by atoms with E-state index in [0.29, 0.717) is 34.2 Å². The second kappa shape index (κ2) is 8.70. The maximum Gasteiger partial charge on any atom is 0.274 e. The summed E-state index contributed by atoms with van der Waals surface area (Å²) in [5.41, 5.74) is 3.79. The average molecular weight is 359 g/mol. The Morgan fingerprint density at radius 1 is 1.15 bits per heavy atom. The van der Waals surface area contributed by atoms with Crippen molar-refractivity contribution < 1.29 is 23.5 Å². The average Bonchev–Trinajstić information content (AvgIpc) is 3.05. The molecule has 0 aliphatic carbocycles. The lowest BCUT2D eigenvalue weighted by atomic mass is 10.2. The number of methoxy groups -OCH3 is 2. The molecule has 1 heterocycles. The van der Waals surface area contributed by atoms with Crippen LogP contribution in [0.15, 0.2) is 40.0 Å². The van der Waals surface area contributed by atoms with Crippen LogP contribution in [0, 0.1) is 6.92 Å². The van der Waals surface area contributed by atoms with E-state index in [0.717, 1.165) is 0 Å². The van der Waals surface area contributed by atoms with Crippen LogP contribution in [0.4, 0.5) is 5.69 Å². The van der Waals surface area contributed by atoms with Crippen molar-refractivity contribution in [1.82, 2.24) is 5.43 Å². The summed E-state index contributed by atoms with van der Waals surface area (Å²) < 4.78 is 15.4. The Morgan fingerprint density at radius 2 is 1.81 bits per heavy atom. The molecule has 2 N–H and O–H groups in total. The highest BCUT2D eigenvalue weighted by atomic mass is 16.5. The fraction of sp³-hybridized carbons (Fsp3) is 0.278. The predicted molar refractivity (Wildman–Crippen MR) is 96.8 cm³/mol. The molecule has 8 heteroatoms. The number of carbonyl (C=O) groups excluding carboxylic acids is 2. The predicted octanol–water partition coefficient (Wildman–Crippen LogP) is 2.74. The SMILES string of the molecule is COc1cc(NC(=O)CC(C)=NNC(=O)c2ccoc2C)cc(OC)c1. The van der Waals surface area contributed by atoms with Gasteiger partial charge in [-0.3, -0.25) is 9.59 Å². The van der Waals surface area contributed by atoms with Crippen LogP contribution in [0.5, 0.6) is 11.5 Å².